The molecule has 11 heavy (non-hydrogen) atoms. The van der Waals surface area contributed by atoms with E-state index in [4.69, 9.17) is 5.11 Å². The number of nitrogens with one attached hydrogen (secondary N) is 1. The van der Waals surface area contributed by atoms with Crippen molar-refractivity contribution in [2.45, 2.75) is 0 Å². The van der Waals surface area contributed by atoms with Crippen molar-refractivity contribution in [3.8, 4) is 0 Å². The van der Waals surface area contributed by atoms with Crippen LogP contribution in [0.25, 0.3) is 0 Å². The number of likely N-dealkylation sites (N-methyl/N-ethyl adjacent to an activating group) is 1. The van der Waals surface area contributed by atoms with E-state index in [1.165, 1.54) is 0 Å². The Morgan fingerprint density at radius 1 is 1.36 bits per heavy atom. The maximum Gasteiger partial charge on any atom is 0.405 e. The van der Waals surface area contributed by atoms with Gasteiger partial charge in [-0.25, -0.2) is 9.59 Å². The molecular formula is C6H13N2O3+. The molecule has 0 rings (SSSR count). The average molecular weight is 161 g/mol. The number of hydrogen-bond donors (Lipinski definition) is 2. The van der Waals surface area contributed by atoms with Gasteiger partial charge in [0.15, 0.2) is 0 Å². The van der Waals surface area contributed by atoms with Crippen molar-refractivity contribution in [1.82, 2.24) is 5.32 Å². The molecule has 0 atom stereocenters. The zero-order valence-corrected chi connectivity index (χ0v) is 6.92. The van der Waals surface area contributed by atoms with Gasteiger partial charge >= 0.3 is 12.0 Å². The van der Waals surface area contributed by atoms with Crippen LogP contribution in [0.5, 0.6) is 0 Å². The van der Waals surface area contributed by atoms with Gasteiger partial charge in [-0.05, 0) is 0 Å². The summed E-state index contributed by atoms with van der Waals surface area (Å²) < 4.78 is 0.125. The van der Waals surface area contributed by atoms with Gasteiger partial charge in [0.2, 0.25) is 0 Å². The van der Waals surface area contributed by atoms with Crippen molar-refractivity contribution < 1.29 is 19.2 Å². The molecule has 0 aliphatic rings. The van der Waals surface area contributed by atoms with E-state index in [1.54, 1.807) is 21.1 Å². The number of carbonyl (C=O) groups excluding carboxylic acids is 1. The first-order chi connectivity index (χ1) is 4.84. The van der Waals surface area contributed by atoms with Gasteiger partial charge in [0, 0.05) is 0 Å². The lowest BCUT2D eigenvalue weighted by Gasteiger charge is -2.20. The lowest BCUT2D eigenvalue weighted by atomic mass is 10.5. The second kappa shape index (κ2) is 3.34. The molecule has 2 N–H and O–H groups in total. The van der Waals surface area contributed by atoms with Crippen LogP contribution in [0.3, 0.4) is 0 Å². The van der Waals surface area contributed by atoms with Gasteiger partial charge in [-0.2, -0.15) is 0 Å². The highest BCUT2D eigenvalue weighted by Crippen LogP contribution is 1.89. The van der Waals surface area contributed by atoms with E-state index >= 15 is 0 Å². The van der Waals surface area contributed by atoms with Gasteiger partial charge in [-0.3, -0.25) is 4.48 Å². The number of amides is 2. The molecule has 0 radical (unpaired) electrons. The highest BCUT2D eigenvalue weighted by Gasteiger charge is 2.20. The van der Waals surface area contributed by atoms with Gasteiger partial charge in [-0.1, -0.05) is 0 Å². The highest BCUT2D eigenvalue weighted by atomic mass is 16.4. The van der Waals surface area contributed by atoms with Crippen molar-refractivity contribution in [2.24, 2.45) is 0 Å². The first kappa shape index (κ1) is 9.90. The summed E-state index contributed by atoms with van der Waals surface area (Å²) >= 11 is 0. The van der Waals surface area contributed by atoms with Gasteiger partial charge in [0.1, 0.15) is 6.54 Å². The Labute approximate surface area is 65.2 Å². The topological polar surface area (TPSA) is 66.4 Å². The summed E-state index contributed by atoms with van der Waals surface area (Å²) in [5.41, 5.74) is 0. The molecule has 0 fully saturated rings. The summed E-state index contributed by atoms with van der Waals surface area (Å²) in [4.78, 5) is 21.0. The summed E-state index contributed by atoms with van der Waals surface area (Å²) in [5, 5.41) is 10.2. The Morgan fingerprint density at radius 2 is 1.82 bits per heavy atom. The van der Waals surface area contributed by atoms with Crippen LogP contribution < -0.4 is 5.32 Å². The number of nitrogens with zero attached hydrogens (tertiary/aromatic N) is 1. The minimum absolute atomic E-state index is 0.125. The van der Waals surface area contributed by atoms with Crippen LogP contribution in [-0.4, -0.2) is 49.3 Å². The Kier molecular flexibility index (Phi) is 3.00. The van der Waals surface area contributed by atoms with Gasteiger partial charge in [-0.15, -0.1) is 0 Å². The number of carboxylic acid groups (broad SMARTS) is 1. The first-order valence-corrected chi connectivity index (χ1v) is 3.15. The molecule has 0 unspecified atom stereocenters. The molecule has 0 aliphatic heterocycles. The molecule has 0 saturated heterocycles. The molecule has 0 saturated carbocycles. The van der Waals surface area contributed by atoms with Crippen molar-refractivity contribution in [1.29, 1.82) is 0 Å². The normalized spacial score (nSPS) is 10.8. The summed E-state index contributed by atoms with van der Waals surface area (Å²) in [6.07, 6.45) is -1.17. The maximum absolute atomic E-state index is 11.0. The molecule has 64 valence electrons. The predicted octanol–water partition coefficient (Wildman–Crippen LogP) is -0.513. The highest BCUT2D eigenvalue weighted by molar-refractivity contribution is 5.76. The molecule has 0 heterocycles. The van der Waals surface area contributed by atoms with Crippen molar-refractivity contribution in [3.63, 3.8) is 0 Å². The molecule has 5 heteroatoms. The number of rotatable bonds is 2. The van der Waals surface area contributed by atoms with Crippen LogP contribution in [0.1, 0.15) is 0 Å². The number of carbonyl (C=O) groups is 2. The molecule has 2 amide bonds. The monoisotopic (exact) mass is 161 g/mol. The maximum atomic E-state index is 11.0. The van der Waals surface area contributed by atoms with E-state index in [1.807, 2.05) is 5.32 Å². The van der Waals surface area contributed by atoms with Crippen molar-refractivity contribution in [2.75, 3.05) is 27.7 Å². The summed E-state index contributed by atoms with van der Waals surface area (Å²) in [5.74, 6) is -0.174. The van der Waals surface area contributed by atoms with Gasteiger partial charge < -0.3 is 10.4 Å². The Balaban J connectivity index is 3.80. The van der Waals surface area contributed by atoms with E-state index in [2.05, 4.69) is 0 Å². The smallest absolute Gasteiger partial charge is 0.405 e. The average Bonchev–Trinajstić information content (AvgIpc) is 1.80. The summed E-state index contributed by atoms with van der Waals surface area (Å²) in [6.45, 7) is -0.140. The fourth-order valence-electron chi connectivity index (χ4n) is 0.388. The van der Waals surface area contributed by atoms with Crippen molar-refractivity contribution in [3.05, 3.63) is 0 Å². The van der Waals surface area contributed by atoms with Crippen molar-refractivity contribution >= 4 is 12.0 Å². The minimum Gasteiger partial charge on any atom is -0.465 e. The molecule has 0 aliphatic carbocycles. The van der Waals surface area contributed by atoms with E-state index in [9.17, 15) is 9.59 Å². The zero-order valence-electron chi connectivity index (χ0n) is 6.92. The standard InChI is InChI=1S/C6H12N2O3/c1-8(2,3)5(9)4-7-6(10)11/h7H,4H2,1-3H3/p+1. The van der Waals surface area contributed by atoms with E-state index in [-0.39, 0.29) is 16.9 Å². The molecular weight excluding hydrogens is 148 g/mol. The first-order valence-electron chi connectivity index (χ1n) is 3.15. The van der Waals surface area contributed by atoms with Crippen LogP contribution in [0, 0.1) is 0 Å². The Hall–Kier alpha value is -1.10. The molecule has 0 spiro atoms. The largest absolute Gasteiger partial charge is 0.465 e. The Morgan fingerprint density at radius 3 is 2.09 bits per heavy atom. The van der Waals surface area contributed by atoms with Gasteiger partial charge in [0.25, 0.3) is 0 Å². The molecule has 0 bridgehead atoms. The second-order valence-corrected chi connectivity index (χ2v) is 3.06. The number of quaternary nitrogens is 1. The fraction of sp³-hybridized carbons (Fsp3) is 0.667. The van der Waals surface area contributed by atoms with E-state index < -0.39 is 6.09 Å². The third-order valence-corrected chi connectivity index (χ3v) is 1.14. The minimum atomic E-state index is -1.17. The summed E-state index contributed by atoms with van der Waals surface area (Å²) in [6, 6.07) is 0. The second-order valence-electron chi connectivity index (χ2n) is 3.06. The zero-order chi connectivity index (χ0) is 9.07. The van der Waals surface area contributed by atoms with E-state index in [0.717, 1.165) is 0 Å². The Bertz CT molecular complexity index is 171. The molecule has 0 aromatic carbocycles. The predicted molar refractivity (Wildman–Crippen MR) is 39.1 cm³/mol. The van der Waals surface area contributed by atoms with Crippen LogP contribution >= 0.6 is 0 Å². The van der Waals surface area contributed by atoms with Crippen LogP contribution in [0.15, 0.2) is 0 Å². The fourth-order valence-corrected chi connectivity index (χ4v) is 0.388. The molecule has 5 nitrogen and oxygen atoms in total. The van der Waals surface area contributed by atoms with Crippen LogP contribution in [-0.2, 0) is 4.79 Å². The third kappa shape index (κ3) is 4.32. The lowest BCUT2D eigenvalue weighted by Crippen LogP contribution is -2.47. The van der Waals surface area contributed by atoms with Crippen LogP contribution in [0.2, 0.25) is 0 Å². The SMILES string of the molecule is C[N+](C)(C)C(=O)CNC(=O)O. The van der Waals surface area contributed by atoms with Crippen LogP contribution in [0.4, 0.5) is 4.79 Å². The third-order valence-electron chi connectivity index (χ3n) is 1.14. The summed E-state index contributed by atoms with van der Waals surface area (Å²) in [7, 11) is 5.06. The quantitative estimate of drug-likeness (QED) is 0.536. The van der Waals surface area contributed by atoms with E-state index in [0.29, 0.717) is 0 Å². The molecule has 0 aromatic heterocycles. The lowest BCUT2D eigenvalue weighted by molar-refractivity contribution is -0.791. The molecule has 0 aromatic rings. The number of hydrogen-bond acceptors (Lipinski definition) is 2. The van der Waals surface area contributed by atoms with Gasteiger partial charge in [0.05, 0.1) is 21.1 Å².